The number of rotatable bonds is 8. The van der Waals surface area contributed by atoms with Crippen LogP contribution in [0.5, 0.6) is 17.2 Å². The van der Waals surface area contributed by atoms with E-state index in [-0.39, 0.29) is 0 Å². The number of ether oxygens (including phenoxy) is 3. The number of fused-ring (bicyclic) bond motifs is 1. The van der Waals surface area contributed by atoms with E-state index in [1.165, 1.54) is 32.0 Å². The summed E-state index contributed by atoms with van der Waals surface area (Å²) in [6, 6.07) is 5.42. The maximum Gasteiger partial charge on any atom is 0.461 e. The average molecular weight is 417 g/mol. The van der Waals surface area contributed by atoms with Gasteiger partial charge in [0, 0.05) is 24.1 Å². The van der Waals surface area contributed by atoms with Crippen LogP contribution in [0.1, 0.15) is 5.69 Å². The van der Waals surface area contributed by atoms with Crippen molar-refractivity contribution >= 4 is 22.8 Å². The number of pyridine rings is 1. The van der Waals surface area contributed by atoms with E-state index >= 15 is 0 Å². The van der Waals surface area contributed by atoms with Gasteiger partial charge in [0.2, 0.25) is 0 Å². The molecule has 0 radical (unpaired) electrons. The standard InChI is InChI=1S/C17H15F4N3O3S/c1-25-13-5-6-22-12(14(13)26-2)8-28-16-23-10-4-3-9(7-11(10)24-16)27-17(20,21)15(18)19/h3-7,15H,8H2,1-2H3,(H,23,24). The van der Waals surface area contributed by atoms with Gasteiger partial charge in [0.25, 0.3) is 0 Å². The van der Waals surface area contributed by atoms with Crippen LogP contribution in [-0.2, 0) is 5.75 Å². The highest BCUT2D eigenvalue weighted by atomic mass is 32.2. The molecule has 3 aromatic rings. The second-order valence-electron chi connectivity index (χ2n) is 5.47. The molecular weight excluding hydrogens is 402 g/mol. The second-order valence-corrected chi connectivity index (χ2v) is 6.43. The van der Waals surface area contributed by atoms with Crippen molar-refractivity contribution in [2.75, 3.05) is 14.2 Å². The van der Waals surface area contributed by atoms with Gasteiger partial charge in [-0.1, -0.05) is 11.8 Å². The van der Waals surface area contributed by atoms with E-state index in [0.29, 0.717) is 39.1 Å². The summed E-state index contributed by atoms with van der Waals surface area (Å²) in [4.78, 5) is 11.5. The summed E-state index contributed by atoms with van der Waals surface area (Å²) in [5, 5.41) is 0.486. The number of hydrogen-bond acceptors (Lipinski definition) is 6. The Morgan fingerprint density at radius 3 is 2.64 bits per heavy atom. The number of aromatic amines is 1. The molecule has 2 aromatic heterocycles. The van der Waals surface area contributed by atoms with Gasteiger partial charge in [0.05, 0.1) is 30.9 Å². The fraction of sp³-hybridized carbons (Fsp3) is 0.294. The first kappa shape index (κ1) is 20.1. The van der Waals surface area contributed by atoms with Gasteiger partial charge in [-0.3, -0.25) is 4.98 Å². The molecule has 11 heteroatoms. The van der Waals surface area contributed by atoms with E-state index in [2.05, 4.69) is 19.7 Å². The van der Waals surface area contributed by atoms with E-state index in [1.54, 1.807) is 12.3 Å². The molecule has 0 spiro atoms. The van der Waals surface area contributed by atoms with Crippen molar-refractivity contribution < 1.29 is 31.8 Å². The SMILES string of the molecule is COc1ccnc(CSc2nc3cc(OC(F)(F)C(F)F)ccc3[nH]2)c1OC. The molecule has 0 amide bonds. The van der Waals surface area contributed by atoms with Gasteiger partial charge in [-0.25, -0.2) is 4.98 Å². The minimum Gasteiger partial charge on any atom is -0.493 e. The molecule has 3 rings (SSSR count). The lowest BCUT2D eigenvalue weighted by Crippen LogP contribution is -2.33. The third-order valence-corrected chi connectivity index (χ3v) is 4.54. The first-order valence-corrected chi connectivity index (χ1v) is 8.86. The third-order valence-electron chi connectivity index (χ3n) is 3.65. The van der Waals surface area contributed by atoms with E-state index in [9.17, 15) is 17.6 Å². The molecule has 0 fully saturated rings. The summed E-state index contributed by atoms with van der Waals surface area (Å²) in [6.45, 7) is 0. The van der Waals surface area contributed by atoms with Crippen molar-refractivity contribution in [1.82, 2.24) is 15.0 Å². The van der Waals surface area contributed by atoms with Gasteiger partial charge in [-0.2, -0.15) is 17.6 Å². The molecule has 0 saturated carbocycles. The quantitative estimate of drug-likeness (QED) is 0.430. The highest BCUT2D eigenvalue weighted by Crippen LogP contribution is 2.34. The largest absolute Gasteiger partial charge is 0.493 e. The van der Waals surface area contributed by atoms with Gasteiger partial charge >= 0.3 is 12.5 Å². The van der Waals surface area contributed by atoms with Gasteiger partial charge < -0.3 is 19.2 Å². The molecule has 150 valence electrons. The molecule has 1 aromatic carbocycles. The van der Waals surface area contributed by atoms with Gasteiger partial charge in [0.15, 0.2) is 16.7 Å². The van der Waals surface area contributed by atoms with Crippen LogP contribution in [0.25, 0.3) is 11.0 Å². The van der Waals surface area contributed by atoms with Crippen LogP contribution in [0.3, 0.4) is 0 Å². The first-order chi connectivity index (χ1) is 13.3. The smallest absolute Gasteiger partial charge is 0.461 e. The fourth-order valence-corrected chi connectivity index (χ4v) is 3.21. The summed E-state index contributed by atoms with van der Waals surface area (Å²) in [7, 11) is 3.02. The molecule has 0 aliphatic carbocycles. The van der Waals surface area contributed by atoms with Crippen LogP contribution in [0, 0.1) is 0 Å². The number of benzene rings is 1. The highest BCUT2D eigenvalue weighted by molar-refractivity contribution is 7.98. The Hall–Kier alpha value is -2.69. The predicted octanol–water partition coefficient (Wildman–Crippen LogP) is 4.50. The molecule has 6 nitrogen and oxygen atoms in total. The lowest BCUT2D eigenvalue weighted by atomic mass is 10.3. The topological polar surface area (TPSA) is 69.3 Å². The Balaban J connectivity index is 1.77. The first-order valence-electron chi connectivity index (χ1n) is 7.87. The summed E-state index contributed by atoms with van der Waals surface area (Å²) >= 11 is 1.30. The number of thioether (sulfide) groups is 1. The molecule has 0 unspecified atom stereocenters. The molecule has 2 heterocycles. The van der Waals surface area contributed by atoms with E-state index in [0.717, 1.165) is 12.1 Å². The number of aromatic nitrogens is 3. The van der Waals surface area contributed by atoms with Gasteiger partial charge in [0.1, 0.15) is 5.75 Å². The summed E-state index contributed by atoms with van der Waals surface area (Å²) in [6.07, 6.45) is -6.92. The number of halogens is 4. The van der Waals surface area contributed by atoms with Crippen LogP contribution in [-0.4, -0.2) is 41.7 Å². The van der Waals surface area contributed by atoms with E-state index in [1.807, 2.05) is 0 Å². The van der Waals surface area contributed by atoms with Crippen molar-refractivity contribution in [3.8, 4) is 17.2 Å². The number of hydrogen-bond donors (Lipinski definition) is 1. The minimum atomic E-state index is -4.57. The van der Waals surface area contributed by atoms with Crippen LogP contribution in [0.15, 0.2) is 35.6 Å². The highest BCUT2D eigenvalue weighted by Gasteiger charge is 2.44. The van der Waals surface area contributed by atoms with Crippen molar-refractivity contribution in [3.63, 3.8) is 0 Å². The third kappa shape index (κ3) is 4.24. The van der Waals surface area contributed by atoms with Crippen molar-refractivity contribution in [2.45, 2.75) is 23.4 Å². The molecule has 0 atom stereocenters. The maximum absolute atomic E-state index is 13.0. The zero-order valence-corrected chi connectivity index (χ0v) is 15.5. The lowest BCUT2D eigenvalue weighted by molar-refractivity contribution is -0.253. The fourth-order valence-electron chi connectivity index (χ4n) is 2.39. The Bertz CT molecular complexity index is 968. The molecule has 0 saturated heterocycles. The molecule has 1 N–H and O–H groups in total. The Morgan fingerprint density at radius 2 is 1.96 bits per heavy atom. The molecule has 28 heavy (non-hydrogen) atoms. The van der Waals surface area contributed by atoms with Crippen molar-refractivity contribution in [2.24, 2.45) is 0 Å². The van der Waals surface area contributed by atoms with Crippen LogP contribution in [0.2, 0.25) is 0 Å². The lowest BCUT2D eigenvalue weighted by Gasteiger charge is -2.16. The maximum atomic E-state index is 13.0. The average Bonchev–Trinajstić information content (AvgIpc) is 3.07. The zero-order chi connectivity index (χ0) is 20.3. The summed E-state index contributed by atoms with van der Waals surface area (Å²) in [5.41, 5.74) is 1.48. The normalized spacial score (nSPS) is 11.8. The molecule has 0 aliphatic rings. The monoisotopic (exact) mass is 417 g/mol. The van der Waals surface area contributed by atoms with Crippen LogP contribution < -0.4 is 14.2 Å². The predicted molar refractivity (Wildman–Crippen MR) is 94.6 cm³/mol. The number of imidazole rings is 1. The van der Waals surface area contributed by atoms with E-state index in [4.69, 9.17) is 9.47 Å². The van der Waals surface area contributed by atoms with Crippen LogP contribution in [0.4, 0.5) is 17.6 Å². The van der Waals surface area contributed by atoms with Gasteiger partial charge in [-0.05, 0) is 12.1 Å². The Labute approximate surface area is 161 Å². The van der Waals surface area contributed by atoms with Crippen molar-refractivity contribution in [1.29, 1.82) is 0 Å². The van der Waals surface area contributed by atoms with Crippen molar-refractivity contribution in [3.05, 3.63) is 36.2 Å². The number of alkyl halides is 4. The Morgan fingerprint density at radius 1 is 1.18 bits per heavy atom. The molecular formula is C17H15F4N3O3S. The number of H-pyrrole nitrogens is 1. The number of nitrogens with one attached hydrogen (secondary N) is 1. The minimum absolute atomic E-state index is 0.302. The van der Waals surface area contributed by atoms with E-state index < -0.39 is 18.3 Å². The summed E-state index contributed by atoms with van der Waals surface area (Å²) < 4.78 is 65.2. The Kier molecular flexibility index (Phi) is 5.82. The molecule has 0 bridgehead atoms. The number of nitrogens with zero attached hydrogens (tertiary/aromatic N) is 2. The zero-order valence-electron chi connectivity index (χ0n) is 14.7. The summed E-state index contributed by atoms with van der Waals surface area (Å²) in [5.74, 6) is 1.03. The second kappa shape index (κ2) is 8.13. The molecule has 0 aliphatic heterocycles. The van der Waals surface area contributed by atoms with Gasteiger partial charge in [-0.15, -0.1) is 0 Å². The van der Waals surface area contributed by atoms with Crippen LogP contribution >= 0.6 is 11.8 Å². The number of methoxy groups -OCH3 is 2.